The first-order valence-electron chi connectivity index (χ1n) is 10.9. The number of nitrogens with zero attached hydrogens (tertiary/aromatic N) is 2. The maximum Gasteiger partial charge on any atom is 0.200 e. The van der Waals surface area contributed by atoms with Crippen molar-refractivity contribution in [1.82, 2.24) is 0 Å². The molecule has 0 fully saturated rings. The number of fused-ring (bicyclic) bond motifs is 1. The number of hydrogen-bond donors (Lipinski definition) is 0. The Bertz CT molecular complexity index is 1060. The van der Waals surface area contributed by atoms with E-state index in [1.807, 2.05) is 12.1 Å². The van der Waals surface area contributed by atoms with E-state index in [1.54, 1.807) is 0 Å². The van der Waals surface area contributed by atoms with Crippen LogP contribution in [0.2, 0.25) is 0 Å². The van der Waals surface area contributed by atoms with Crippen molar-refractivity contribution in [2.75, 3.05) is 13.2 Å². The third-order valence-electron chi connectivity index (χ3n) is 6.59. The molecule has 0 saturated heterocycles. The van der Waals surface area contributed by atoms with Crippen molar-refractivity contribution in [3.05, 3.63) is 107 Å². The number of hydrogen-bond acceptors (Lipinski definition) is 4. The van der Waals surface area contributed by atoms with Gasteiger partial charge in [0.1, 0.15) is 30.7 Å². The van der Waals surface area contributed by atoms with Crippen molar-refractivity contribution < 1.29 is 9.47 Å². The zero-order valence-electron chi connectivity index (χ0n) is 17.3. The molecule has 2 atom stereocenters. The molecule has 0 amide bonds. The van der Waals surface area contributed by atoms with Gasteiger partial charge in [-0.2, -0.15) is 0 Å². The van der Waals surface area contributed by atoms with Crippen LogP contribution in [0.1, 0.15) is 34.3 Å². The highest BCUT2D eigenvalue weighted by molar-refractivity contribution is 6.07. The first-order valence-corrected chi connectivity index (χ1v) is 10.9. The Morgan fingerprint density at radius 1 is 0.581 bits per heavy atom. The van der Waals surface area contributed by atoms with Crippen LogP contribution in [0.15, 0.2) is 94.9 Å². The lowest BCUT2D eigenvalue weighted by Crippen LogP contribution is -2.41. The summed E-state index contributed by atoms with van der Waals surface area (Å²) in [5.41, 5.74) is 4.55. The largest absolute Gasteiger partial charge is 0.478 e. The summed E-state index contributed by atoms with van der Waals surface area (Å²) in [5.74, 6) is 1.54. The molecule has 0 radical (unpaired) electrons. The highest BCUT2D eigenvalue weighted by Gasteiger charge is 2.52. The Balaban J connectivity index is 1.40. The highest BCUT2D eigenvalue weighted by Crippen LogP contribution is 2.45. The van der Waals surface area contributed by atoms with Gasteiger partial charge in [-0.1, -0.05) is 84.9 Å². The van der Waals surface area contributed by atoms with Gasteiger partial charge in [0.05, 0.1) is 0 Å². The topological polar surface area (TPSA) is 43.2 Å². The number of ether oxygens (including phenoxy) is 2. The minimum atomic E-state index is -0.462. The van der Waals surface area contributed by atoms with Crippen molar-refractivity contribution in [3.8, 4) is 0 Å². The predicted molar refractivity (Wildman–Crippen MR) is 121 cm³/mol. The Morgan fingerprint density at radius 3 is 1.45 bits per heavy atom. The van der Waals surface area contributed by atoms with Crippen LogP contribution in [0.25, 0.3) is 0 Å². The number of benzene rings is 3. The molecule has 0 aromatic heterocycles. The van der Waals surface area contributed by atoms with Crippen LogP contribution >= 0.6 is 0 Å². The average molecular weight is 409 g/mol. The Hall–Kier alpha value is -3.40. The van der Waals surface area contributed by atoms with Crippen molar-refractivity contribution >= 4 is 11.8 Å². The van der Waals surface area contributed by atoms with Gasteiger partial charge in [-0.25, -0.2) is 9.98 Å². The van der Waals surface area contributed by atoms with Crippen LogP contribution in [0.5, 0.6) is 0 Å². The summed E-state index contributed by atoms with van der Waals surface area (Å²) < 4.78 is 12.6. The molecule has 0 spiro atoms. The predicted octanol–water partition coefficient (Wildman–Crippen LogP) is 5.11. The van der Waals surface area contributed by atoms with E-state index < -0.39 is 5.41 Å². The van der Waals surface area contributed by atoms with E-state index in [2.05, 4.69) is 72.8 Å². The van der Waals surface area contributed by atoms with E-state index in [1.165, 1.54) is 22.3 Å². The fraction of sp³-hybridized carbons (Fsp3) is 0.259. The van der Waals surface area contributed by atoms with Gasteiger partial charge in [-0.3, -0.25) is 0 Å². The second kappa shape index (κ2) is 7.38. The van der Waals surface area contributed by atoms with E-state index in [9.17, 15) is 0 Å². The SMILES string of the molecule is c1ccc([C@H]2COC(C3(C4=N[C@@H](c5ccccc5)CO4)Cc4ccccc4C3)=N2)cc1. The van der Waals surface area contributed by atoms with Gasteiger partial charge in [0.15, 0.2) is 0 Å². The van der Waals surface area contributed by atoms with E-state index in [0.29, 0.717) is 13.2 Å². The number of rotatable bonds is 4. The van der Waals surface area contributed by atoms with Gasteiger partial charge in [0.25, 0.3) is 0 Å². The molecule has 154 valence electrons. The molecule has 0 bridgehead atoms. The third kappa shape index (κ3) is 3.14. The van der Waals surface area contributed by atoms with Gasteiger partial charge < -0.3 is 9.47 Å². The minimum absolute atomic E-state index is 0.0173. The van der Waals surface area contributed by atoms with Gasteiger partial charge in [0, 0.05) is 0 Å². The Labute approximate surface area is 182 Å². The molecule has 6 rings (SSSR count). The second-order valence-corrected chi connectivity index (χ2v) is 8.55. The lowest BCUT2D eigenvalue weighted by Gasteiger charge is -2.27. The molecule has 0 N–H and O–H groups in total. The van der Waals surface area contributed by atoms with E-state index in [4.69, 9.17) is 19.5 Å². The Kier molecular flexibility index (Phi) is 4.37. The van der Waals surface area contributed by atoms with Crippen LogP contribution in [0, 0.1) is 5.41 Å². The second-order valence-electron chi connectivity index (χ2n) is 8.55. The average Bonchev–Trinajstić information content (AvgIpc) is 3.59. The monoisotopic (exact) mass is 408 g/mol. The number of aliphatic imine (C=N–C) groups is 2. The summed E-state index contributed by atoms with van der Waals surface area (Å²) in [6, 6.07) is 29.4. The molecule has 0 unspecified atom stereocenters. The molecule has 31 heavy (non-hydrogen) atoms. The molecule has 3 aromatic rings. The first kappa shape index (κ1) is 18.4. The highest BCUT2D eigenvalue weighted by atomic mass is 16.5. The van der Waals surface area contributed by atoms with Crippen molar-refractivity contribution in [2.24, 2.45) is 15.4 Å². The van der Waals surface area contributed by atoms with Crippen LogP contribution in [-0.4, -0.2) is 25.0 Å². The molecular formula is C27H24N2O2. The molecule has 2 aliphatic heterocycles. The molecule has 3 aliphatic rings. The maximum atomic E-state index is 6.28. The maximum absolute atomic E-state index is 6.28. The van der Waals surface area contributed by atoms with Crippen LogP contribution < -0.4 is 0 Å². The van der Waals surface area contributed by atoms with Gasteiger partial charge in [-0.15, -0.1) is 0 Å². The van der Waals surface area contributed by atoms with Gasteiger partial charge in [-0.05, 0) is 35.1 Å². The smallest absolute Gasteiger partial charge is 0.200 e. The third-order valence-corrected chi connectivity index (χ3v) is 6.59. The van der Waals surface area contributed by atoms with Crippen LogP contribution in [-0.2, 0) is 22.3 Å². The molecule has 2 heterocycles. The quantitative estimate of drug-likeness (QED) is 0.602. The van der Waals surface area contributed by atoms with Crippen molar-refractivity contribution in [1.29, 1.82) is 0 Å². The van der Waals surface area contributed by atoms with E-state index >= 15 is 0 Å². The first-order chi connectivity index (χ1) is 15.3. The molecule has 4 heteroatoms. The van der Waals surface area contributed by atoms with Gasteiger partial charge >= 0.3 is 0 Å². The normalized spacial score (nSPS) is 23.5. The molecule has 4 nitrogen and oxygen atoms in total. The fourth-order valence-electron chi connectivity index (χ4n) is 4.97. The molecular weight excluding hydrogens is 384 g/mol. The zero-order valence-corrected chi connectivity index (χ0v) is 17.3. The van der Waals surface area contributed by atoms with E-state index in [-0.39, 0.29) is 12.1 Å². The summed E-state index contributed by atoms with van der Waals surface area (Å²) in [6.45, 7) is 1.12. The lowest BCUT2D eigenvalue weighted by molar-refractivity contribution is 0.254. The summed E-state index contributed by atoms with van der Waals surface area (Å²) in [5, 5.41) is 0. The summed E-state index contributed by atoms with van der Waals surface area (Å²) in [6.07, 6.45) is 1.62. The van der Waals surface area contributed by atoms with Crippen molar-refractivity contribution in [3.63, 3.8) is 0 Å². The van der Waals surface area contributed by atoms with E-state index in [0.717, 1.165) is 24.6 Å². The fourth-order valence-corrected chi connectivity index (χ4v) is 4.97. The molecule has 0 saturated carbocycles. The standard InChI is InChI=1S/C27H24N2O2/c1-3-9-19(10-4-1)23-17-30-25(28-23)27(15-21-13-7-8-14-22(21)16-27)26-29-24(18-31-26)20-11-5-2-6-12-20/h1-14,23-24H,15-18H2/t23-,24-/m1/s1. The zero-order chi connectivity index (χ0) is 20.7. The summed E-state index contributed by atoms with van der Waals surface area (Å²) in [4.78, 5) is 10.1. The molecule has 3 aromatic carbocycles. The summed E-state index contributed by atoms with van der Waals surface area (Å²) >= 11 is 0. The lowest BCUT2D eigenvalue weighted by atomic mass is 9.83. The molecule has 1 aliphatic carbocycles. The van der Waals surface area contributed by atoms with Crippen LogP contribution in [0.4, 0.5) is 0 Å². The van der Waals surface area contributed by atoms with Crippen molar-refractivity contribution in [2.45, 2.75) is 24.9 Å². The van der Waals surface area contributed by atoms with Gasteiger partial charge in [0.2, 0.25) is 11.8 Å². The van der Waals surface area contributed by atoms with Crippen LogP contribution in [0.3, 0.4) is 0 Å². The Morgan fingerprint density at radius 2 is 1.00 bits per heavy atom. The summed E-state index contributed by atoms with van der Waals surface area (Å²) in [7, 11) is 0. The minimum Gasteiger partial charge on any atom is -0.478 e.